The number of nitrogens with two attached hydrogens (primary N) is 1. The van der Waals surface area contributed by atoms with E-state index in [4.69, 9.17) is 5.73 Å². The van der Waals surface area contributed by atoms with E-state index in [-0.39, 0.29) is 11.9 Å². The Labute approximate surface area is 98.2 Å². The number of carbonyl (C=O) groups is 1. The van der Waals surface area contributed by atoms with Gasteiger partial charge in [0.25, 0.3) is 0 Å². The van der Waals surface area contributed by atoms with E-state index < -0.39 is 0 Å². The molecule has 0 aliphatic heterocycles. The van der Waals surface area contributed by atoms with Gasteiger partial charge in [0.05, 0.1) is 0 Å². The van der Waals surface area contributed by atoms with Crippen molar-refractivity contribution in [1.82, 2.24) is 5.32 Å². The molecular weight excluding hydrogens is 200 g/mol. The number of amides is 1. The second-order valence-electron chi connectivity index (χ2n) is 5.75. The molecule has 16 heavy (non-hydrogen) atoms. The zero-order chi connectivity index (χ0) is 11.5. The fraction of sp³-hybridized carbons (Fsp3) is 0.923. The lowest BCUT2D eigenvalue weighted by molar-refractivity contribution is -0.121. The number of hydrogen-bond acceptors (Lipinski definition) is 2. The van der Waals surface area contributed by atoms with E-state index in [2.05, 4.69) is 5.32 Å². The zero-order valence-electron chi connectivity index (χ0n) is 10.2. The van der Waals surface area contributed by atoms with Crippen molar-refractivity contribution in [3.05, 3.63) is 0 Å². The number of carbonyl (C=O) groups excluding carboxylic acids is 1. The average Bonchev–Trinajstić information content (AvgIpc) is 2.77. The first-order valence-electron chi connectivity index (χ1n) is 6.67. The van der Waals surface area contributed by atoms with Gasteiger partial charge >= 0.3 is 0 Å². The number of hydrogen-bond donors (Lipinski definition) is 2. The van der Waals surface area contributed by atoms with E-state index >= 15 is 0 Å². The van der Waals surface area contributed by atoms with Crippen molar-refractivity contribution < 1.29 is 4.79 Å². The minimum atomic E-state index is -0.0255. The highest BCUT2D eigenvalue weighted by atomic mass is 16.1. The lowest BCUT2D eigenvalue weighted by Gasteiger charge is -2.21. The molecule has 2 fully saturated rings. The fourth-order valence-electron chi connectivity index (χ4n) is 3.49. The molecule has 0 spiro atoms. The van der Waals surface area contributed by atoms with Crippen LogP contribution in [-0.2, 0) is 4.79 Å². The molecule has 0 aromatic carbocycles. The van der Waals surface area contributed by atoms with E-state index in [9.17, 15) is 4.79 Å². The van der Waals surface area contributed by atoms with Crippen LogP contribution in [0.2, 0.25) is 0 Å². The van der Waals surface area contributed by atoms with Crippen LogP contribution in [-0.4, -0.2) is 18.5 Å². The molecule has 1 amide bonds. The Morgan fingerprint density at radius 3 is 2.81 bits per heavy atom. The van der Waals surface area contributed by atoms with Crippen molar-refractivity contribution >= 4 is 5.91 Å². The smallest absolute Gasteiger partial charge is 0.221 e. The highest BCUT2D eigenvalue weighted by molar-refractivity contribution is 5.76. The molecule has 0 aromatic rings. The number of rotatable bonds is 5. The highest BCUT2D eigenvalue weighted by Gasteiger charge is 2.38. The SMILES string of the molecule is CC(N)CC(=O)NCCC1CC2CCC1C2. The summed E-state index contributed by atoms with van der Waals surface area (Å²) in [6.45, 7) is 2.72. The van der Waals surface area contributed by atoms with Crippen LogP contribution in [0.5, 0.6) is 0 Å². The van der Waals surface area contributed by atoms with Gasteiger partial charge in [0, 0.05) is 19.0 Å². The molecular formula is C13H24N2O. The molecule has 3 heteroatoms. The predicted octanol–water partition coefficient (Wildman–Crippen LogP) is 1.67. The Morgan fingerprint density at radius 2 is 2.25 bits per heavy atom. The number of fused-ring (bicyclic) bond motifs is 2. The quantitative estimate of drug-likeness (QED) is 0.746. The first-order valence-corrected chi connectivity index (χ1v) is 6.67. The lowest BCUT2D eigenvalue weighted by atomic mass is 9.86. The van der Waals surface area contributed by atoms with Gasteiger partial charge in [0.2, 0.25) is 5.91 Å². The van der Waals surface area contributed by atoms with Gasteiger partial charge in [0.1, 0.15) is 0 Å². The van der Waals surface area contributed by atoms with Crippen molar-refractivity contribution in [2.75, 3.05) is 6.54 Å². The maximum absolute atomic E-state index is 11.4. The molecule has 0 aromatic heterocycles. The summed E-state index contributed by atoms with van der Waals surface area (Å²) in [5.74, 6) is 2.97. The molecule has 0 radical (unpaired) electrons. The Kier molecular flexibility index (Phi) is 3.85. The summed E-state index contributed by atoms with van der Waals surface area (Å²) in [5, 5.41) is 2.98. The summed E-state index contributed by atoms with van der Waals surface area (Å²) < 4.78 is 0. The van der Waals surface area contributed by atoms with Crippen LogP contribution in [0.4, 0.5) is 0 Å². The summed E-state index contributed by atoms with van der Waals surface area (Å²) in [6, 6.07) is -0.0255. The van der Waals surface area contributed by atoms with Gasteiger partial charge in [0.15, 0.2) is 0 Å². The molecule has 2 aliphatic carbocycles. The van der Waals surface area contributed by atoms with Crippen LogP contribution >= 0.6 is 0 Å². The third-order valence-corrected chi connectivity index (χ3v) is 4.23. The van der Waals surface area contributed by atoms with Gasteiger partial charge < -0.3 is 11.1 Å². The monoisotopic (exact) mass is 224 g/mol. The van der Waals surface area contributed by atoms with Crippen molar-refractivity contribution in [3.8, 4) is 0 Å². The van der Waals surface area contributed by atoms with E-state index in [1.54, 1.807) is 0 Å². The molecule has 2 bridgehead atoms. The van der Waals surface area contributed by atoms with Crippen molar-refractivity contribution in [3.63, 3.8) is 0 Å². The molecule has 2 saturated carbocycles. The van der Waals surface area contributed by atoms with Crippen molar-refractivity contribution in [1.29, 1.82) is 0 Å². The first kappa shape index (κ1) is 11.9. The second kappa shape index (κ2) is 5.17. The Morgan fingerprint density at radius 1 is 1.44 bits per heavy atom. The van der Waals surface area contributed by atoms with Crippen LogP contribution < -0.4 is 11.1 Å². The minimum Gasteiger partial charge on any atom is -0.356 e. The first-order chi connectivity index (χ1) is 7.65. The standard InChI is InChI=1S/C13H24N2O/c1-9(14)6-13(16)15-5-4-12-8-10-2-3-11(12)7-10/h9-12H,2-8,14H2,1H3,(H,15,16). The molecule has 0 heterocycles. The average molecular weight is 224 g/mol. The molecule has 2 rings (SSSR count). The van der Waals surface area contributed by atoms with Crippen LogP contribution in [0.3, 0.4) is 0 Å². The van der Waals surface area contributed by atoms with E-state index in [1.165, 1.54) is 32.1 Å². The zero-order valence-corrected chi connectivity index (χ0v) is 10.2. The predicted molar refractivity (Wildman–Crippen MR) is 64.8 cm³/mol. The molecule has 4 atom stereocenters. The molecule has 92 valence electrons. The van der Waals surface area contributed by atoms with Crippen molar-refractivity contribution in [2.45, 2.75) is 51.5 Å². The fourth-order valence-corrected chi connectivity index (χ4v) is 3.49. The third kappa shape index (κ3) is 2.97. The van der Waals surface area contributed by atoms with Gasteiger partial charge in [-0.05, 0) is 50.4 Å². The third-order valence-electron chi connectivity index (χ3n) is 4.23. The largest absolute Gasteiger partial charge is 0.356 e. The summed E-state index contributed by atoms with van der Waals surface area (Å²) in [5.41, 5.74) is 5.58. The summed E-state index contributed by atoms with van der Waals surface area (Å²) >= 11 is 0. The van der Waals surface area contributed by atoms with Gasteiger partial charge in [-0.25, -0.2) is 0 Å². The maximum atomic E-state index is 11.4. The van der Waals surface area contributed by atoms with E-state index in [1.807, 2.05) is 6.92 Å². The molecule has 3 nitrogen and oxygen atoms in total. The van der Waals surface area contributed by atoms with E-state index in [0.717, 1.165) is 24.3 Å². The lowest BCUT2D eigenvalue weighted by Crippen LogP contribution is -2.31. The molecule has 2 aliphatic rings. The molecule has 3 N–H and O–H groups in total. The van der Waals surface area contributed by atoms with Crippen molar-refractivity contribution in [2.24, 2.45) is 23.5 Å². The van der Waals surface area contributed by atoms with E-state index in [0.29, 0.717) is 6.42 Å². The van der Waals surface area contributed by atoms with Crippen LogP contribution in [0, 0.1) is 17.8 Å². The normalized spacial score (nSPS) is 34.0. The van der Waals surface area contributed by atoms with Crippen LogP contribution in [0.1, 0.15) is 45.4 Å². The molecule has 4 unspecified atom stereocenters. The summed E-state index contributed by atoms with van der Waals surface area (Å²) in [4.78, 5) is 11.4. The van der Waals surface area contributed by atoms with Gasteiger partial charge in [-0.2, -0.15) is 0 Å². The highest BCUT2D eigenvalue weighted by Crippen LogP contribution is 2.49. The van der Waals surface area contributed by atoms with Gasteiger partial charge in [-0.3, -0.25) is 4.79 Å². The Balaban J connectivity index is 1.60. The molecule has 0 saturated heterocycles. The Bertz CT molecular complexity index is 252. The topological polar surface area (TPSA) is 55.1 Å². The van der Waals surface area contributed by atoms with Gasteiger partial charge in [-0.15, -0.1) is 0 Å². The second-order valence-corrected chi connectivity index (χ2v) is 5.75. The number of nitrogens with one attached hydrogen (secondary N) is 1. The summed E-state index contributed by atoms with van der Waals surface area (Å²) in [6.07, 6.45) is 7.39. The Hall–Kier alpha value is -0.570. The van der Waals surface area contributed by atoms with Crippen LogP contribution in [0.25, 0.3) is 0 Å². The van der Waals surface area contributed by atoms with Gasteiger partial charge in [-0.1, -0.05) is 6.42 Å². The summed E-state index contributed by atoms with van der Waals surface area (Å²) in [7, 11) is 0. The maximum Gasteiger partial charge on any atom is 0.221 e. The van der Waals surface area contributed by atoms with Crippen LogP contribution in [0.15, 0.2) is 0 Å². The minimum absolute atomic E-state index is 0.0255.